The van der Waals surface area contributed by atoms with Crippen molar-refractivity contribution in [3.63, 3.8) is 0 Å². The third-order valence-corrected chi connectivity index (χ3v) is 9.30. The lowest BCUT2D eigenvalue weighted by atomic mass is 10.0. The van der Waals surface area contributed by atoms with E-state index in [4.69, 9.17) is 14.2 Å². The summed E-state index contributed by atoms with van der Waals surface area (Å²) in [5.41, 5.74) is 0. The molecular weight excluding hydrogens is 574 g/mol. The van der Waals surface area contributed by atoms with E-state index in [0.29, 0.717) is 26.1 Å². The fraction of sp³-hybridized carbons (Fsp3) is 1.00. The minimum Gasteiger partial charge on any atom is -0.748 e. The van der Waals surface area contributed by atoms with Gasteiger partial charge in [-0.3, -0.25) is 0 Å². The second kappa shape index (κ2) is 32.7. The van der Waals surface area contributed by atoms with E-state index in [-0.39, 0.29) is 5.75 Å². The van der Waals surface area contributed by atoms with Gasteiger partial charge in [0.25, 0.3) is 0 Å². The van der Waals surface area contributed by atoms with E-state index in [1.807, 2.05) is 0 Å². The highest BCUT2D eigenvalue weighted by Crippen LogP contribution is 2.14. The molecule has 44 heavy (non-hydrogen) atoms. The zero-order valence-electron chi connectivity index (χ0n) is 29.6. The highest BCUT2D eigenvalue weighted by molar-refractivity contribution is 7.85. The third-order valence-electron chi connectivity index (χ3n) is 8.51. The summed E-state index contributed by atoms with van der Waals surface area (Å²) in [5, 5.41) is 0. The standard InChI is InChI=1S/C36H75NO6S/c1-4-5-6-7-8-9-10-11-12-13-14-15-16-17-18-19-28-37(2,3)29-20-21-30-41-31-22-23-32-42-33-24-25-34-43-35-26-27-36-44(38,39)40/h4-36H2,1-3H3. The largest absolute Gasteiger partial charge is 0.748 e. The Hall–Kier alpha value is -0.250. The van der Waals surface area contributed by atoms with Crippen molar-refractivity contribution < 1.29 is 31.7 Å². The Bertz CT molecular complexity index is 674. The number of quaternary nitrogens is 1. The predicted octanol–water partition coefficient (Wildman–Crippen LogP) is 9.04. The number of unbranched alkanes of at least 4 members (excludes halogenated alkanes) is 19. The number of hydrogen-bond donors (Lipinski definition) is 0. The van der Waals surface area contributed by atoms with E-state index in [9.17, 15) is 13.0 Å². The lowest BCUT2D eigenvalue weighted by Gasteiger charge is -2.30. The van der Waals surface area contributed by atoms with Crippen LogP contribution in [0.1, 0.15) is 161 Å². The first-order valence-corrected chi connectivity index (χ1v) is 20.3. The third kappa shape index (κ3) is 37.9. The van der Waals surface area contributed by atoms with Gasteiger partial charge in [-0.25, -0.2) is 8.42 Å². The lowest BCUT2D eigenvalue weighted by Crippen LogP contribution is -2.41. The molecule has 0 aromatic carbocycles. The van der Waals surface area contributed by atoms with Crippen molar-refractivity contribution in [1.29, 1.82) is 0 Å². The summed E-state index contributed by atoms with van der Waals surface area (Å²) in [6.45, 7) is 9.20. The topological polar surface area (TPSA) is 84.9 Å². The second-order valence-electron chi connectivity index (χ2n) is 13.6. The maximum Gasteiger partial charge on any atom is 0.0945 e. The van der Waals surface area contributed by atoms with Crippen LogP contribution in [0.3, 0.4) is 0 Å². The molecule has 0 bridgehead atoms. The second-order valence-corrected chi connectivity index (χ2v) is 15.1. The molecule has 0 saturated heterocycles. The molecule has 0 rings (SSSR count). The SMILES string of the molecule is CCCCCCCCCCCCCCCCCC[N+](C)(C)CCCCOCCCCOCCCCOCCCCS(=O)(=O)[O-]. The summed E-state index contributed by atoms with van der Waals surface area (Å²) in [4.78, 5) is 0. The Balaban J connectivity index is 3.28. The van der Waals surface area contributed by atoms with Gasteiger partial charge in [0.2, 0.25) is 0 Å². The molecule has 7 nitrogen and oxygen atoms in total. The Morgan fingerprint density at radius 3 is 1.05 bits per heavy atom. The highest BCUT2D eigenvalue weighted by atomic mass is 32.2. The van der Waals surface area contributed by atoms with Crippen LogP contribution in [0.25, 0.3) is 0 Å². The van der Waals surface area contributed by atoms with E-state index >= 15 is 0 Å². The first-order valence-electron chi connectivity index (χ1n) is 18.8. The molecule has 0 fully saturated rings. The molecule has 266 valence electrons. The van der Waals surface area contributed by atoms with Gasteiger partial charge in [-0.1, -0.05) is 96.8 Å². The Kier molecular flexibility index (Phi) is 32.5. The van der Waals surface area contributed by atoms with Gasteiger partial charge in [-0.2, -0.15) is 0 Å². The lowest BCUT2D eigenvalue weighted by molar-refractivity contribution is -0.890. The molecule has 8 heteroatoms. The molecule has 0 saturated carbocycles. The van der Waals surface area contributed by atoms with Crippen molar-refractivity contribution in [2.75, 3.05) is 72.6 Å². The van der Waals surface area contributed by atoms with Gasteiger partial charge in [-0.05, 0) is 64.2 Å². The Morgan fingerprint density at radius 2 is 0.705 bits per heavy atom. The fourth-order valence-electron chi connectivity index (χ4n) is 5.55. The van der Waals surface area contributed by atoms with Crippen molar-refractivity contribution in [1.82, 2.24) is 0 Å². The molecule has 0 aliphatic heterocycles. The minimum absolute atomic E-state index is 0.299. The molecule has 0 radical (unpaired) electrons. The van der Waals surface area contributed by atoms with Crippen LogP contribution in [0.5, 0.6) is 0 Å². The van der Waals surface area contributed by atoms with Crippen LogP contribution in [-0.4, -0.2) is 90.0 Å². The van der Waals surface area contributed by atoms with Crippen molar-refractivity contribution in [2.24, 2.45) is 0 Å². The average Bonchev–Trinajstić information content (AvgIpc) is 2.97. The van der Waals surface area contributed by atoms with Crippen molar-refractivity contribution >= 4 is 10.1 Å². The van der Waals surface area contributed by atoms with Crippen LogP contribution in [-0.2, 0) is 24.3 Å². The molecule has 0 atom stereocenters. The highest BCUT2D eigenvalue weighted by Gasteiger charge is 2.13. The number of rotatable bonds is 37. The zero-order valence-corrected chi connectivity index (χ0v) is 30.5. The minimum atomic E-state index is -4.09. The maximum absolute atomic E-state index is 10.5. The molecule has 0 unspecified atom stereocenters. The van der Waals surface area contributed by atoms with Crippen molar-refractivity contribution in [3.05, 3.63) is 0 Å². The number of nitrogens with zero attached hydrogens (tertiary/aromatic N) is 1. The summed E-state index contributed by atoms with van der Waals surface area (Å²) in [5.74, 6) is -0.299. The normalized spacial score (nSPS) is 12.4. The molecular formula is C36H75NO6S. The van der Waals surface area contributed by atoms with E-state index in [0.717, 1.165) is 63.0 Å². The number of hydrogen-bond acceptors (Lipinski definition) is 6. The summed E-state index contributed by atoms with van der Waals surface area (Å²) in [6, 6.07) is 0. The van der Waals surface area contributed by atoms with Crippen LogP contribution in [0.2, 0.25) is 0 Å². The predicted molar refractivity (Wildman–Crippen MR) is 185 cm³/mol. The smallest absolute Gasteiger partial charge is 0.0945 e. The van der Waals surface area contributed by atoms with Crippen LogP contribution < -0.4 is 0 Å². The zero-order chi connectivity index (χ0) is 32.5. The van der Waals surface area contributed by atoms with Crippen molar-refractivity contribution in [2.45, 2.75) is 161 Å². The Morgan fingerprint density at radius 1 is 0.432 bits per heavy atom. The monoisotopic (exact) mass is 650 g/mol. The van der Waals surface area contributed by atoms with Crippen LogP contribution in [0, 0.1) is 0 Å². The maximum atomic E-state index is 10.5. The van der Waals surface area contributed by atoms with E-state index in [1.165, 1.54) is 122 Å². The van der Waals surface area contributed by atoms with Gasteiger partial charge >= 0.3 is 0 Å². The van der Waals surface area contributed by atoms with Crippen LogP contribution in [0.4, 0.5) is 0 Å². The van der Waals surface area contributed by atoms with E-state index in [1.54, 1.807) is 0 Å². The van der Waals surface area contributed by atoms with Gasteiger partial charge in [-0.15, -0.1) is 0 Å². The summed E-state index contributed by atoms with van der Waals surface area (Å²) < 4.78 is 49.6. The molecule has 0 N–H and O–H groups in total. The summed E-state index contributed by atoms with van der Waals surface area (Å²) in [6.07, 6.45) is 30.2. The van der Waals surface area contributed by atoms with Gasteiger partial charge in [0.1, 0.15) is 0 Å². The summed E-state index contributed by atoms with van der Waals surface area (Å²) >= 11 is 0. The first-order chi connectivity index (χ1) is 21.3. The molecule has 0 spiro atoms. The summed E-state index contributed by atoms with van der Waals surface area (Å²) in [7, 11) is 0.675. The molecule has 0 aliphatic carbocycles. The van der Waals surface area contributed by atoms with Gasteiger partial charge in [0, 0.05) is 45.4 Å². The molecule has 0 aromatic rings. The molecule has 0 heterocycles. The van der Waals surface area contributed by atoms with Gasteiger partial charge < -0.3 is 23.2 Å². The molecule has 0 aliphatic rings. The first kappa shape index (κ1) is 43.8. The van der Waals surface area contributed by atoms with Crippen molar-refractivity contribution in [3.8, 4) is 0 Å². The Labute approximate surface area is 274 Å². The molecule has 0 aromatic heterocycles. The number of ether oxygens (including phenoxy) is 3. The fourth-order valence-corrected chi connectivity index (χ4v) is 6.11. The van der Waals surface area contributed by atoms with E-state index < -0.39 is 10.1 Å². The quantitative estimate of drug-likeness (QED) is 0.0379. The molecule has 0 amide bonds. The van der Waals surface area contributed by atoms with Crippen LogP contribution >= 0.6 is 0 Å². The average molecular weight is 650 g/mol. The van der Waals surface area contributed by atoms with Gasteiger partial charge in [0.05, 0.1) is 37.3 Å². The van der Waals surface area contributed by atoms with Crippen LogP contribution in [0.15, 0.2) is 0 Å². The van der Waals surface area contributed by atoms with E-state index in [2.05, 4.69) is 21.0 Å². The van der Waals surface area contributed by atoms with Gasteiger partial charge in [0.15, 0.2) is 0 Å².